The molecule has 2 aromatic rings. The van der Waals surface area contributed by atoms with Crippen molar-refractivity contribution in [3.05, 3.63) is 64.7 Å². The molecule has 1 amide bonds. The predicted octanol–water partition coefficient (Wildman–Crippen LogP) is 3.17. The fourth-order valence-corrected chi connectivity index (χ4v) is 2.10. The summed E-state index contributed by atoms with van der Waals surface area (Å²) < 4.78 is 0. The predicted molar refractivity (Wildman–Crippen MR) is 88.5 cm³/mol. The van der Waals surface area contributed by atoms with E-state index in [0.29, 0.717) is 16.3 Å². The lowest BCUT2D eigenvalue weighted by atomic mass is 10.2. The van der Waals surface area contributed by atoms with Gasteiger partial charge in [-0.3, -0.25) is 10.1 Å². The van der Waals surface area contributed by atoms with Gasteiger partial charge >= 0.3 is 5.97 Å². The normalized spacial score (nSPS) is 9.86. The van der Waals surface area contributed by atoms with Crippen LogP contribution in [0.1, 0.15) is 20.7 Å². The summed E-state index contributed by atoms with van der Waals surface area (Å²) in [5, 5.41) is 14.7. The van der Waals surface area contributed by atoms with Crippen LogP contribution < -0.4 is 10.6 Å². The standard InChI is InChI=1S/C15H11ClN2O3S/c16-11-5-1-3-9(7-11)13(19)18-15(22)17-12-6-2-4-10(8-12)14(20)21/h1-8H,(H,20,21)(H2,17,18,19,22). The van der Waals surface area contributed by atoms with Crippen LogP contribution in [-0.4, -0.2) is 22.1 Å². The van der Waals surface area contributed by atoms with Crippen LogP contribution in [0.3, 0.4) is 0 Å². The Labute approximate surface area is 136 Å². The molecule has 5 nitrogen and oxygen atoms in total. The minimum absolute atomic E-state index is 0.0625. The van der Waals surface area contributed by atoms with Crippen LogP contribution in [0, 0.1) is 0 Å². The Morgan fingerprint density at radius 1 is 1.05 bits per heavy atom. The van der Waals surface area contributed by atoms with E-state index in [4.69, 9.17) is 28.9 Å². The number of carboxylic acid groups (broad SMARTS) is 1. The highest BCUT2D eigenvalue weighted by Gasteiger charge is 2.09. The third-order valence-corrected chi connectivity index (χ3v) is 3.12. The number of halogens is 1. The van der Waals surface area contributed by atoms with E-state index in [9.17, 15) is 9.59 Å². The zero-order valence-corrected chi connectivity index (χ0v) is 12.7. The maximum absolute atomic E-state index is 12.0. The number of thiocarbonyl (C=S) groups is 1. The Morgan fingerprint density at radius 2 is 1.73 bits per heavy atom. The molecule has 0 atom stereocenters. The lowest BCUT2D eigenvalue weighted by Crippen LogP contribution is -2.34. The monoisotopic (exact) mass is 334 g/mol. The molecule has 0 unspecified atom stereocenters. The van der Waals surface area contributed by atoms with E-state index in [2.05, 4.69) is 10.6 Å². The van der Waals surface area contributed by atoms with Crippen LogP contribution in [0.25, 0.3) is 0 Å². The summed E-state index contributed by atoms with van der Waals surface area (Å²) >= 11 is 10.8. The van der Waals surface area contributed by atoms with Crippen LogP contribution in [0.2, 0.25) is 5.02 Å². The van der Waals surface area contributed by atoms with Crippen molar-refractivity contribution < 1.29 is 14.7 Å². The van der Waals surface area contributed by atoms with Crippen LogP contribution in [0.4, 0.5) is 5.69 Å². The first kappa shape index (κ1) is 15.9. The fourth-order valence-electron chi connectivity index (χ4n) is 1.70. The molecule has 2 rings (SSSR count). The van der Waals surface area contributed by atoms with Gasteiger partial charge in [0, 0.05) is 16.3 Å². The molecule has 2 aromatic carbocycles. The van der Waals surface area contributed by atoms with Gasteiger partial charge in [-0.1, -0.05) is 23.7 Å². The highest BCUT2D eigenvalue weighted by Crippen LogP contribution is 2.12. The minimum atomic E-state index is -1.04. The number of rotatable bonds is 3. The molecule has 0 fully saturated rings. The molecule has 0 aliphatic carbocycles. The summed E-state index contributed by atoms with van der Waals surface area (Å²) in [6, 6.07) is 12.5. The van der Waals surface area contributed by atoms with Gasteiger partial charge in [0.1, 0.15) is 0 Å². The maximum Gasteiger partial charge on any atom is 0.335 e. The Morgan fingerprint density at radius 3 is 2.41 bits per heavy atom. The molecule has 0 heterocycles. The third-order valence-electron chi connectivity index (χ3n) is 2.68. The SMILES string of the molecule is O=C(O)c1cccc(NC(=S)NC(=O)c2cccc(Cl)c2)c1. The first-order valence-corrected chi connectivity index (χ1v) is 6.95. The van der Waals surface area contributed by atoms with Gasteiger partial charge in [-0.15, -0.1) is 0 Å². The number of benzene rings is 2. The van der Waals surface area contributed by atoms with Crippen molar-refractivity contribution in [2.24, 2.45) is 0 Å². The molecule has 112 valence electrons. The number of amides is 1. The van der Waals surface area contributed by atoms with Gasteiger partial charge in [0.05, 0.1) is 5.56 Å². The molecular formula is C15H11ClN2O3S. The van der Waals surface area contributed by atoms with E-state index in [-0.39, 0.29) is 10.7 Å². The Bertz CT molecular complexity index is 749. The van der Waals surface area contributed by atoms with Crippen molar-refractivity contribution in [1.82, 2.24) is 5.32 Å². The molecule has 0 spiro atoms. The second-order valence-electron chi connectivity index (χ2n) is 4.30. The zero-order valence-electron chi connectivity index (χ0n) is 11.2. The van der Waals surface area contributed by atoms with Crippen molar-refractivity contribution in [2.75, 3.05) is 5.32 Å². The van der Waals surface area contributed by atoms with Crippen LogP contribution in [-0.2, 0) is 0 Å². The summed E-state index contributed by atoms with van der Waals surface area (Å²) in [5.74, 6) is -1.45. The van der Waals surface area contributed by atoms with Gasteiger partial charge in [0.25, 0.3) is 5.91 Å². The smallest absolute Gasteiger partial charge is 0.335 e. The van der Waals surface area contributed by atoms with Crippen molar-refractivity contribution in [2.45, 2.75) is 0 Å². The molecule has 0 saturated carbocycles. The summed E-state index contributed by atoms with van der Waals surface area (Å²) in [4.78, 5) is 22.9. The lowest BCUT2D eigenvalue weighted by Gasteiger charge is -2.10. The number of carboxylic acids is 1. The van der Waals surface area contributed by atoms with Crippen LogP contribution in [0.15, 0.2) is 48.5 Å². The molecule has 0 saturated heterocycles. The summed E-state index contributed by atoms with van der Waals surface area (Å²) in [6.45, 7) is 0. The average molecular weight is 335 g/mol. The average Bonchev–Trinajstić information content (AvgIpc) is 2.47. The summed E-state index contributed by atoms with van der Waals surface area (Å²) in [5.41, 5.74) is 0.959. The third kappa shape index (κ3) is 4.28. The van der Waals surface area contributed by atoms with Gasteiger partial charge in [-0.25, -0.2) is 4.79 Å². The number of aromatic carboxylic acids is 1. The van der Waals surface area contributed by atoms with Crippen LogP contribution >= 0.6 is 23.8 Å². The molecule has 0 bridgehead atoms. The Kier molecular flexibility index (Phi) is 5.08. The molecule has 7 heteroatoms. The molecule has 0 aliphatic rings. The van der Waals surface area contributed by atoms with E-state index in [1.165, 1.54) is 18.2 Å². The molecule has 0 radical (unpaired) electrons. The molecule has 22 heavy (non-hydrogen) atoms. The van der Waals surface area contributed by atoms with E-state index in [1.54, 1.807) is 30.3 Å². The number of carbonyl (C=O) groups excluding carboxylic acids is 1. The summed E-state index contributed by atoms with van der Waals surface area (Å²) in [6.07, 6.45) is 0. The Balaban J connectivity index is 2.02. The van der Waals surface area contributed by atoms with Gasteiger partial charge in [-0.2, -0.15) is 0 Å². The molecule has 3 N–H and O–H groups in total. The molecular weight excluding hydrogens is 324 g/mol. The quantitative estimate of drug-likeness (QED) is 0.751. The maximum atomic E-state index is 12.0. The largest absolute Gasteiger partial charge is 0.478 e. The zero-order chi connectivity index (χ0) is 16.1. The van der Waals surface area contributed by atoms with E-state index in [0.717, 1.165) is 0 Å². The highest BCUT2D eigenvalue weighted by molar-refractivity contribution is 7.80. The van der Waals surface area contributed by atoms with Crippen molar-refractivity contribution in [1.29, 1.82) is 0 Å². The number of anilines is 1. The van der Waals surface area contributed by atoms with Crippen LogP contribution in [0.5, 0.6) is 0 Å². The van der Waals surface area contributed by atoms with Gasteiger partial charge in [0.2, 0.25) is 0 Å². The van der Waals surface area contributed by atoms with Gasteiger partial charge in [-0.05, 0) is 48.6 Å². The number of hydrogen-bond donors (Lipinski definition) is 3. The molecule has 0 aromatic heterocycles. The van der Waals surface area contributed by atoms with E-state index in [1.807, 2.05) is 0 Å². The van der Waals surface area contributed by atoms with E-state index >= 15 is 0 Å². The second kappa shape index (κ2) is 7.02. The van der Waals surface area contributed by atoms with Crippen molar-refractivity contribution in [3.8, 4) is 0 Å². The highest BCUT2D eigenvalue weighted by atomic mass is 35.5. The Hall–Kier alpha value is -2.44. The first-order chi connectivity index (χ1) is 10.5. The first-order valence-electron chi connectivity index (χ1n) is 6.17. The van der Waals surface area contributed by atoms with Crippen molar-refractivity contribution >= 4 is 46.5 Å². The number of hydrogen-bond acceptors (Lipinski definition) is 3. The van der Waals surface area contributed by atoms with Gasteiger partial charge in [0.15, 0.2) is 5.11 Å². The molecule has 0 aliphatic heterocycles. The van der Waals surface area contributed by atoms with Gasteiger partial charge < -0.3 is 10.4 Å². The summed E-state index contributed by atoms with van der Waals surface area (Å²) in [7, 11) is 0. The van der Waals surface area contributed by atoms with Crippen molar-refractivity contribution in [3.63, 3.8) is 0 Å². The second-order valence-corrected chi connectivity index (χ2v) is 5.15. The topological polar surface area (TPSA) is 78.4 Å². The number of nitrogens with one attached hydrogen (secondary N) is 2. The minimum Gasteiger partial charge on any atom is -0.478 e. The van der Waals surface area contributed by atoms with E-state index < -0.39 is 11.9 Å². The fraction of sp³-hybridized carbons (Fsp3) is 0. The lowest BCUT2D eigenvalue weighted by molar-refractivity contribution is 0.0696. The number of carbonyl (C=O) groups is 2.